The van der Waals surface area contributed by atoms with Crippen molar-refractivity contribution in [3.05, 3.63) is 35.4 Å². The van der Waals surface area contributed by atoms with Crippen LogP contribution in [0.15, 0.2) is 24.3 Å². The van der Waals surface area contributed by atoms with Crippen molar-refractivity contribution < 1.29 is 14.3 Å². The lowest BCUT2D eigenvalue weighted by molar-refractivity contribution is -0.142. The molecule has 0 N–H and O–H groups in total. The Morgan fingerprint density at radius 2 is 2.21 bits per heavy atom. The van der Waals surface area contributed by atoms with Gasteiger partial charge in [0.15, 0.2) is 0 Å². The fourth-order valence-electron chi connectivity index (χ4n) is 2.27. The van der Waals surface area contributed by atoms with Gasteiger partial charge in [-0.1, -0.05) is 24.3 Å². The van der Waals surface area contributed by atoms with Crippen LogP contribution in [0.4, 0.5) is 0 Å². The van der Waals surface area contributed by atoms with E-state index in [9.17, 15) is 10.1 Å². The molecule has 0 spiro atoms. The van der Waals surface area contributed by atoms with E-state index in [-0.39, 0.29) is 12.4 Å². The molecule has 1 saturated heterocycles. The molecule has 0 radical (unpaired) electrons. The summed E-state index contributed by atoms with van der Waals surface area (Å²) in [4.78, 5) is 11.4. The summed E-state index contributed by atoms with van der Waals surface area (Å²) in [5, 5.41) is 9.35. The van der Waals surface area contributed by atoms with E-state index in [2.05, 4.69) is 6.07 Å². The van der Waals surface area contributed by atoms with Crippen LogP contribution in [0.5, 0.6) is 0 Å². The first kappa shape index (κ1) is 13.6. The molecule has 1 atom stereocenters. The predicted molar refractivity (Wildman–Crippen MR) is 69.5 cm³/mol. The molecule has 0 bridgehead atoms. The number of esters is 1. The highest BCUT2D eigenvalue weighted by atomic mass is 16.5. The zero-order valence-corrected chi connectivity index (χ0v) is 11.0. The van der Waals surface area contributed by atoms with Crippen LogP contribution in [0, 0.1) is 11.3 Å². The molecular formula is C15H17NO3. The third-order valence-corrected chi connectivity index (χ3v) is 3.40. The van der Waals surface area contributed by atoms with Crippen molar-refractivity contribution in [2.75, 3.05) is 19.8 Å². The van der Waals surface area contributed by atoms with E-state index in [4.69, 9.17) is 9.47 Å². The topological polar surface area (TPSA) is 59.3 Å². The Labute approximate surface area is 112 Å². The van der Waals surface area contributed by atoms with Crippen molar-refractivity contribution in [2.24, 2.45) is 0 Å². The third kappa shape index (κ3) is 2.94. The van der Waals surface area contributed by atoms with Gasteiger partial charge in [0.25, 0.3) is 0 Å². The molecule has 1 aromatic carbocycles. The van der Waals surface area contributed by atoms with E-state index < -0.39 is 5.41 Å². The zero-order chi connectivity index (χ0) is 13.7. The second kappa shape index (κ2) is 5.85. The monoisotopic (exact) mass is 259 g/mol. The summed E-state index contributed by atoms with van der Waals surface area (Å²) in [7, 11) is 0. The Morgan fingerprint density at radius 1 is 1.47 bits per heavy atom. The van der Waals surface area contributed by atoms with Gasteiger partial charge in [-0.2, -0.15) is 5.26 Å². The second-order valence-electron chi connectivity index (χ2n) is 4.68. The highest BCUT2D eigenvalue weighted by Crippen LogP contribution is 2.32. The van der Waals surface area contributed by atoms with Crippen LogP contribution in [0.2, 0.25) is 0 Å². The van der Waals surface area contributed by atoms with E-state index in [1.807, 2.05) is 24.3 Å². The van der Waals surface area contributed by atoms with Gasteiger partial charge >= 0.3 is 5.97 Å². The molecule has 0 saturated carbocycles. The summed E-state index contributed by atoms with van der Waals surface area (Å²) in [5.41, 5.74) is 1.33. The van der Waals surface area contributed by atoms with Crippen LogP contribution in [0.3, 0.4) is 0 Å². The first-order chi connectivity index (χ1) is 9.20. The molecule has 1 aromatic rings. The molecule has 100 valence electrons. The smallest absolute Gasteiger partial charge is 0.310 e. The zero-order valence-electron chi connectivity index (χ0n) is 11.0. The second-order valence-corrected chi connectivity index (χ2v) is 4.68. The minimum atomic E-state index is -0.525. The Kier molecular flexibility index (Phi) is 4.18. The fourth-order valence-corrected chi connectivity index (χ4v) is 2.27. The Morgan fingerprint density at radius 3 is 2.74 bits per heavy atom. The SMILES string of the molecule is CCOC(=O)Cc1ccc(C2(C#N)CCOC2)cc1. The fraction of sp³-hybridized carbons (Fsp3) is 0.467. The molecule has 1 heterocycles. The number of carbonyl (C=O) groups excluding carboxylic acids is 1. The van der Waals surface area contributed by atoms with E-state index in [1.165, 1.54) is 0 Å². The molecule has 0 amide bonds. The van der Waals surface area contributed by atoms with E-state index in [0.29, 0.717) is 19.8 Å². The molecule has 1 aliphatic heterocycles. The lowest BCUT2D eigenvalue weighted by atomic mass is 9.81. The average molecular weight is 259 g/mol. The maximum Gasteiger partial charge on any atom is 0.310 e. The van der Waals surface area contributed by atoms with Crippen molar-refractivity contribution in [2.45, 2.75) is 25.2 Å². The average Bonchev–Trinajstić information content (AvgIpc) is 2.90. The van der Waals surface area contributed by atoms with Crippen molar-refractivity contribution in [3.63, 3.8) is 0 Å². The molecule has 1 unspecified atom stereocenters. The summed E-state index contributed by atoms with van der Waals surface area (Å²) in [6.07, 6.45) is 0.991. The van der Waals surface area contributed by atoms with Gasteiger partial charge in [-0.05, 0) is 24.5 Å². The maximum atomic E-state index is 11.4. The minimum absolute atomic E-state index is 0.227. The van der Waals surface area contributed by atoms with Gasteiger partial charge in [0, 0.05) is 6.61 Å². The molecule has 4 nitrogen and oxygen atoms in total. The van der Waals surface area contributed by atoms with Crippen molar-refractivity contribution >= 4 is 5.97 Å². The van der Waals surface area contributed by atoms with Crippen molar-refractivity contribution in [1.82, 2.24) is 0 Å². The number of nitrogens with zero attached hydrogens (tertiary/aromatic N) is 1. The largest absolute Gasteiger partial charge is 0.466 e. The molecular weight excluding hydrogens is 242 g/mol. The molecule has 1 fully saturated rings. The molecule has 0 aliphatic carbocycles. The number of hydrogen-bond donors (Lipinski definition) is 0. The standard InChI is InChI=1S/C15H17NO3/c1-2-19-14(17)9-12-3-5-13(6-4-12)15(10-16)7-8-18-11-15/h3-6H,2,7-9,11H2,1H3. The van der Waals surface area contributed by atoms with Crippen LogP contribution in [-0.2, 0) is 26.1 Å². The summed E-state index contributed by atoms with van der Waals surface area (Å²) in [5.74, 6) is -0.227. The van der Waals surface area contributed by atoms with Gasteiger partial charge in [-0.25, -0.2) is 0 Å². The van der Waals surface area contributed by atoms with E-state index in [0.717, 1.165) is 17.5 Å². The molecule has 4 heteroatoms. The van der Waals surface area contributed by atoms with E-state index >= 15 is 0 Å². The quantitative estimate of drug-likeness (QED) is 0.776. The maximum absolute atomic E-state index is 11.4. The summed E-state index contributed by atoms with van der Waals surface area (Å²) in [6, 6.07) is 9.93. The van der Waals surface area contributed by atoms with Crippen LogP contribution >= 0.6 is 0 Å². The molecule has 2 rings (SSSR count). The molecule has 19 heavy (non-hydrogen) atoms. The minimum Gasteiger partial charge on any atom is -0.466 e. The number of benzene rings is 1. The summed E-state index contributed by atoms with van der Waals surface area (Å²) < 4.78 is 10.2. The van der Waals surface area contributed by atoms with Crippen LogP contribution in [0.25, 0.3) is 0 Å². The van der Waals surface area contributed by atoms with Gasteiger partial charge in [0.2, 0.25) is 0 Å². The number of rotatable bonds is 4. The number of hydrogen-bond acceptors (Lipinski definition) is 4. The van der Waals surface area contributed by atoms with Gasteiger partial charge < -0.3 is 9.47 Å². The predicted octanol–water partition coefficient (Wildman–Crippen LogP) is 1.97. The van der Waals surface area contributed by atoms with Crippen LogP contribution < -0.4 is 0 Å². The molecule has 0 aromatic heterocycles. The number of carbonyl (C=O) groups is 1. The van der Waals surface area contributed by atoms with Crippen molar-refractivity contribution in [1.29, 1.82) is 5.26 Å². The number of nitriles is 1. The van der Waals surface area contributed by atoms with Gasteiger partial charge in [0.1, 0.15) is 5.41 Å². The molecule has 1 aliphatic rings. The lowest BCUT2D eigenvalue weighted by Gasteiger charge is -2.19. The van der Waals surface area contributed by atoms with Crippen LogP contribution in [-0.4, -0.2) is 25.8 Å². The first-order valence-corrected chi connectivity index (χ1v) is 6.44. The Hall–Kier alpha value is -1.86. The normalized spacial score (nSPS) is 21.9. The highest BCUT2D eigenvalue weighted by molar-refractivity contribution is 5.72. The summed E-state index contributed by atoms with van der Waals surface area (Å²) >= 11 is 0. The lowest BCUT2D eigenvalue weighted by Crippen LogP contribution is -2.24. The first-order valence-electron chi connectivity index (χ1n) is 6.44. The van der Waals surface area contributed by atoms with Gasteiger partial charge in [0.05, 0.1) is 25.7 Å². The summed E-state index contributed by atoms with van der Waals surface area (Å²) in [6.45, 7) is 3.25. The third-order valence-electron chi connectivity index (χ3n) is 3.40. The van der Waals surface area contributed by atoms with Gasteiger partial charge in [-0.3, -0.25) is 4.79 Å². The van der Waals surface area contributed by atoms with E-state index in [1.54, 1.807) is 6.92 Å². The Bertz CT molecular complexity index is 481. The van der Waals surface area contributed by atoms with Crippen LogP contribution in [0.1, 0.15) is 24.5 Å². The van der Waals surface area contributed by atoms with Gasteiger partial charge in [-0.15, -0.1) is 0 Å². The Balaban J connectivity index is 2.10. The highest BCUT2D eigenvalue weighted by Gasteiger charge is 2.36. The van der Waals surface area contributed by atoms with Crippen molar-refractivity contribution in [3.8, 4) is 6.07 Å². The number of ether oxygens (including phenoxy) is 2.